The number of aliphatic hydroxyl groups is 1. The highest BCUT2D eigenvalue weighted by Crippen LogP contribution is 2.44. The van der Waals surface area contributed by atoms with Crippen LogP contribution in [0.25, 0.3) is 0 Å². The highest BCUT2D eigenvalue weighted by atomic mass is 79.9. The molecule has 1 aliphatic heterocycles. The quantitative estimate of drug-likeness (QED) is 0.607. The summed E-state index contributed by atoms with van der Waals surface area (Å²) in [6, 6.07) is 5.10. The van der Waals surface area contributed by atoms with Gasteiger partial charge in [-0.25, -0.2) is 0 Å². The summed E-state index contributed by atoms with van der Waals surface area (Å²) in [7, 11) is 0. The number of nitrogens with zero attached hydrogens (tertiary/aromatic N) is 2. The number of hydrogen-bond acceptors (Lipinski definition) is 4. The smallest absolute Gasteiger partial charge is 0.265 e. The van der Waals surface area contributed by atoms with Gasteiger partial charge in [-0.15, -0.1) is 6.42 Å². The van der Waals surface area contributed by atoms with Crippen molar-refractivity contribution in [2.45, 2.75) is 25.9 Å². The summed E-state index contributed by atoms with van der Waals surface area (Å²) in [5.41, 5.74) is 0.464. The molecule has 0 aliphatic carbocycles. The number of carbonyl (C=O) groups is 2. The van der Waals surface area contributed by atoms with E-state index in [4.69, 9.17) is 6.42 Å². The van der Waals surface area contributed by atoms with Gasteiger partial charge in [-0.3, -0.25) is 19.6 Å². The number of amides is 1. The molecule has 1 aliphatic rings. The lowest BCUT2D eigenvalue weighted by molar-refractivity contribution is -0.135. The summed E-state index contributed by atoms with van der Waals surface area (Å²) in [5, 5.41) is 17.9. The average molecular weight is 402 g/mol. The zero-order valence-corrected chi connectivity index (χ0v) is 15.3. The van der Waals surface area contributed by atoms with Crippen LogP contribution in [-0.2, 0) is 10.4 Å². The lowest BCUT2D eigenvalue weighted by Crippen LogP contribution is -2.42. The summed E-state index contributed by atoms with van der Waals surface area (Å²) in [4.78, 5) is 26.9. The number of benzene rings is 1. The van der Waals surface area contributed by atoms with E-state index in [0.29, 0.717) is 32.7 Å². The summed E-state index contributed by atoms with van der Waals surface area (Å²) in [6.45, 7) is 3.45. The zero-order chi connectivity index (χ0) is 18.4. The fourth-order valence-electron chi connectivity index (χ4n) is 3.22. The number of halogens is 1. The number of fused-ring (bicyclic) bond motifs is 1. The molecule has 2 heterocycles. The first-order valence-corrected chi connectivity index (χ1v) is 8.41. The molecule has 0 radical (unpaired) electrons. The summed E-state index contributed by atoms with van der Waals surface area (Å²) >= 11 is 3.34. The molecule has 25 heavy (non-hydrogen) atoms. The van der Waals surface area contributed by atoms with E-state index in [-0.39, 0.29) is 18.7 Å². The standard InChI is InChI=1S/C18H16BrN3O3/c1-4-7-22-14-6-5-12(19)8-13(14)18(25,17(22)24)9-15(23)16-10(2)20-21-11(16)3/h1,5-6,8,25H,7,9H2,2-3H3,(H,20,21). The van der Waals surface area contributed by atoms with E-state index in [2.05, 4.69) is 32.0 Å². The van der Waals surface area contributed by atoms with Crippen molar-refractivity contribution >= 4 is 33.3 Å². The van der Waals surface area contributed by atoms with E-state index in [0.717, 1.165) is 0 Å². The number of aryl methyl sites for hydroxylation is 2. The van der Waals surface area contributed by atoms with Crippen LogP contribution in [0.3, 0.4) is 0 Å². The molecule has 2 aromatic rings. The number of rotatable bonds is 4. The van der Waals surface area contributed by atoms with Crippen LogP contribution in [0.1, 0.15) is 33.7 Å². The molecule has 1 aromatic heterocycles. The van der Waals surface area contributed by atoms with E-state index < -0.39 is 11.5 Å². The van der Waals surface area contributed by atoms with E-state index in [1.165, 1.54) is 4.90 Å². The number of H-pyrrole nitrogens is 1. The van der Waals surface area contributed by atoms with Gasteiger partial charge in [-0.05, 0) is 32.0 Å². The van der Waals surface area contributed by atoms with Crippen LogP contribution in [0.5, 0.6) is 0 Å². The number of aromatic nitrogens is 2. The van der Waals surface area contributed by atoms with Gasteiger partial charge in [-0.1, -0.05) is 21.9 Å². The molecule has 3 rings (SSSR count). The van der Waals surface area contributed by atoms with Gasteiger partial charge in [-0.2, -0.15) is 5.10 Å². The van der Waals surface area contributed by atoms with Crippen molar-refractivity contribution in [3.05, 3.63) is 45.2 Å². The van der Waals surface area contributed by atoms with E-state index >= 15 is 0 Å². The minimum atomic E-state index is -1.96. The molecule has 1 aromatic carbocycles. The Balaban J connectivity index is 2.06. The largest absolute Gasteiger partial charge is 0.375 e. The second-order valence-electron chi connectivity index (χ2n) is 6.03. The summed E-state index contributed by atoms with van der Waals surface area (Å²) < 4.78 is 0.697. The third-order valence-electron chi connectivity index (χ3n) is 4.37. The van der Waals surface area contributed by atoms with Crippen molar-refractivity contribution < 1.29 is 14.7 Å². The first kappa shape index (κ1) is 17.4. The molecule has 7 heteroatoms. The van der Waals surface area contributed by atoms with Crippen LogP contribution in [0.15, 0.2) is 22.7 Å². The topological polar surface area (TPSA) is 86.3 Å². The zero-order valence-electron chi connectivity index (χ0n) is 13.8. The van der Waals surface area contributed by atoms with E-state index in [1.807, 2.05) is 0 Å². The fourth-order valence-corrected chi connectivity index (χ4v) is 3.59. The lowest BCUT2D eigenvalue weighted by Gasteiger charge is -2.22. The summed E-state index contributed by atoms with van der Waals surface area (Å²) in [5.74, 6) is 1.47. The second kappa shape index (κ2) is 6.14. The molecule has 1 amide bonds. The molecule has 1 unspecified atom stereocenters. The predicted molar refractivity (Wildman–Crippen MR) is 96.2 cm³/mol. The second-order valence-corrected chi connectivity index (χ2v) is 6.94. The van der Waals surface area contributed by atoms with Crippen molar-refractivity contribution in [2.24, 2.45) is 0 Å². The lowest BCUT2D eigenvalue weighted by atomic mass is 9.87. The van der Waals surface area contributed by atoms with Gasteiger partial charge in [0.15, 0.2) is 11.4 Å². The van der Waals surface area contributed by atoms with Crippen molar-refractivity contribution in [3.8, 4) is 12.3 Å². The molecular formula is C18H16BrN3O3. The molecule has 1 atom stereocenters. The molecule has 6 nitrogen and oxygen atoms in total. The highest BCUT2D eigenvalue weighted by molar-refractivity contribution is 9.10. The third kappa shape index (κ3) is 2.68. The van der Waals surface area contributed by atoms with Gasteiger partial charge in [0.1, 0.15) is 0 Å². The summed E-state index contributed by atoms with van der Waals surface area (Å²) in [6.07, 6.45) is 4.97. The van der Waals surface area contributed by atoms with Crippen molar-refractivity contribution in [1.29, 1.82) is 0 Å². The number of anilines is 1. The van der Waals surface area contributed by atoms with Gasteiger partial charge in [0.25, 0.3) is 5.91 Å². The molecule has 128 valence electrons. The number of nitrogens with one attached hydrogen (secondary N) is 1. The monoisotopic (exact) mass is 401 g/mol. The maximum atomic E-state index is 12.8. The van der Waals surface area contributed by atoms with Crippen LogP contribution in [-0.4, -0.2) is 33.5 Å². The SMILES string of the molecule is C#CCN1C(=O)C(O)(CC(=O)c2c(C)n[nH]c2C)c2cc(Br)ccc21. The number of Topliss-reactive ketones (excluding diaryl/α,β-unsaturated/α-hetero) is 1. The third-order valence-corrected chi connectivity index (χ3v) is 4.86. The molecule has 0 saturated carbocycles. The van der Waals surface area contributed by atoms with E-state index in [1.54, 1.807) is 32.0 Å². The molecule has 0 fully saturated rings. The normalized spacial score (nSPS) is 19.0. The number of ketones is 1. The predicted octanol–water partition coefficient (Wildman–Crippen LogP) is 2.23. The molecule has 2 N–H and O–H groups in total. The Bertz CT molecular complexity index is 909. The average Bonchev–Trinajstić information content (AvgIpc) is 2.99. The van der Waals surface area contributed by atoms with Gasteiger partial charge in [0.05, 0.1) is 29.9 Å². The molecular weight excluding hydrogens is 386 g/mol. The highest BCUT2D eigenvalue weighted by Gasteiger charge is 2.51. The molecule has 0 bridgehead atoms. The Labute approximate surface area is 153 Å². The first-order valence-electron chi connectivity index (χ1n) is 7.62. The van der Waals surface area contributed by atoms with Gasteiger partial charge in [0.2, 0.25) is 0 Å². The van der Waals surface area contributed by atoms with Gasteiger partial charge < -0.3 is 5.11 Å². The fraction of sp³-hybridized carbons (Fsp3) is 0.278. The number of aromatic amines is 1. The number of hydrogen-bond donors (Lipinski definition) is 2. The van der Waals surface area contributed by atoms with Crippen molar-refractivity contribution in [3.63, 3.8) is 0 Å². The number of terminal acetylenes is 1. The van der Waals surface area contributed by atoms with Gasteiger partial charge in [0, 0.05) is 15.7 Å². The Hall–Kier alpha value is -2.43. The van der Waals surface area contributed by atoms with Crippen LogP contribution in [0, 0.1) is 26.2 Å². The van der Waals surface area contributed by atoms with Crippen LogP contribution in [0.2, 0.25) is 0 Å². The van der Waals surface area contributed by atoms with E-state index in [9.17, 15) is 14.7 Å². The Kier molecular flexibility index (Phi) is 4.27. The van der Waals surface area contributed by atoms with Crippen LogP contribution >= 0.6 is 15.9 Å². The van der Waals surface area contributed by atoms with Crippen LogP contribution < -0.4 is 4.90 Å². The first-order chi connectivity index (χ1) is 11.8. The van der Waals surface area contributed by atoms with Gasteiger partial charge >= 0.3 is 0 Å². The Morgan fingerprint density at radius 1 is 1.48 bits per heavy atom. The van der Waals surface area contributed by atoms with Crippen LogP contribution in [0.4, 0.5) is 5.69 Å². The Morgan fingerprint density at radius 3 is 2.80 bits per heavy atom. The Morgan fingerprint density at radius 2 is 2.20 bits per heavy atom. The minimum Gasteiger partial charge on any atom is -0.375 e. The number of carbonyl (C=O) groups excluding carboxylic acids is 2. The maximum absolute atomic E-state index is 12.8. The minimum absolute atomic E-state index is 0.0216. The molecule has 0 spiro atoms. The maximum Gasteiger partial charge on any atom is 0.265 e. The molecule has 0 saturated heterocycles. The van der Waals surface area contributed by atoms with Crippen molar-refractivity contribution in [1.82, 2.24) is 10.2 Å². The van der Waals surface area contributed by atoms with Crippen molar-refractivity contribution in [2.75, 3.05) is 11.4 Å².